The largest absolute Gasteiger partial charge is 0.442 e. The number of amides is 1. The summed E-state index contributed by atoms with van der Waals surface area (Å²) in [5.41, 5.74) is 0.850. The summed E-state index contributed by atoms with van der Waals surface area (Å²) >= 11 is 1.56. The van der Waals surface area contributed by atoms with E-state index in [1.54, 1.807) is 24.3 Å². The predicted octanol–water partition coefficient (Wildman–Crippen LogP) is 2.43. The molecule has 1 amide bonds. The number of thiazole rings is 1. The molecule has 3 aromatic rings. The van der Waals surface area contributed by atoms with Gasteiger partial charge in [-0.2, -0.15) is 0 Å². The standard InChI is InChI=1S/C17H18N4O3S/c1-4-6-21-9-19-16-14(17(21)23)13(10(3)24-16)15(22)18-7-11-8-25-12(5-2)20-11/h4,8-9H,1,5-7H2,2-3H3,(H,18,22). The fraction of sp³-hybridized carbons (Fsp3) is 0.294. The second-order valence-corrected chi connectivity index (χ2v) is 6.42. The zero-order chi connectivity index (χ0) is 18.0. The van der Waals surface area contributed by atoms with Gasteiger partial charge >= 0.3 is 0 Å². The van der Waals surface area contributed by atoms with E-state index < -0.39 is 0 Å². The molecule has 0 spiro atoms. The maximum Gasteiger partial charge on any atom is 0.265 e. The van der Waals surface area contributed by atoms with Crippen molar-refractivity contribution < 1.29 is 9.21 Å². The van der Waals surface area contributed by atoms with E-state index in [-0.39, 0.29) is 28.1 Å². The SMILES string of the molecule is C=CCn1cnc2oc(C)c(C(=O)NCc3csc(CC)n3)c2c1=O. The van der Waals surface area contributed by atoms with Crippen molar-refractivity contribution in [3.63, 3.8) is 0 Å². The first-order chi connectivity index (χ1) is 12.0. The first kappa shape index (κ1) is 17.1. The molecule has 0 aliphatic carbocycles. The van der Waals surface area contributed by atoms with E-state index in [1.165, 1.54) is 10.9 Å². The van der Waals surface area contributed by atoms with Crippen LogP contribution in [0.25, 0.3) is 11.1 Å². The van der Waals surface area contributed by atoms with Gasteiger partial charge in [0.05, 0.1) is 22.8 Å². The minimum atomic E-state index is -0.377. The quantitative estimate of drug-likeness (QED) is 0.684. The molecule has 0 atom stereocenters. The third-order valence-electron chi connectivity index (χ3n) is 3.74. The molecule has 0 bridgehead atoms. The summed E-state index contributed by atoms with van der Waals surface area (Å²) in [6, 6.07) is 0. The van der Waals surface area contributed by atoms with Crippen molar-refractivity contribution in [3.8, 4) is 0 Å². The molecule has 0 aromatic carbocycles. The molecule has 8 heteroatoms. The number of carbonyl (C=O) groups excluding carboxylic acids is 1. The van der Waals surface area contributed by atoms with Gasteiger partial charge in [-0.25, -0.2) is 9.97 Å². The Morgan fingerprint density at radius 1 is 1.52 bits per heavy atom. The number of furan rings is 1. The normalized spacial score (nSPS) is 11.0. The molecule has 0 saturated heterocycles. The average Bonchev–Trinajstić information content (AvgIpc) is 3.19. The van der Waals surface area contributed by atoms with Crippen LogP contribution in [0.4, 0.5) is 0 Å². The van der Waals surface area contributed by atoms with Gasteiger partial charge in [0.25, 0.3) is 11.5 Å². The highest BCUT2D eigenvalue weighted by Crippen LogP contribution is 2.21. The van der Waals surface area contributed by atoms with Gasteiger partial charge in [0.2, 0.25) is 5.71 Å². The van der Waals surface area contributed by atoms with Crippen LogP contribution in [-0.4, -0.2) is 20.4 Å². The maximum atomic E-state index is 12.6. The van der Waals surface area contributed by atoms with Gasteiger partial charge in [-0.15, -0.1) is 17.9 Å². The van der Waals surface area contributed by atoms with E-state index in [4.69, 9.17) is 4.42 Å². The van der Waals surface area contributed by atoms with E-state index in [0.29, 0.717) is 18.8 Å². The summed E-state index contributed by atoms with van der Waals surface area (Å²) in [6.07, 6.45) is 3.84. The predicted molar refractivity (Wildman–Crippen MR) is 95.9 cm³/mol. The number of nitrogens with one attached hydrogen (secondary N) is 1. The number of carbonyl (C=O) groups is 1. The van der Waals surface area contributed by atoms with E-state index in [2.05, 4.69) is 21.9 Å². The summed E-state index contributed by atoms with van der Waals surface area (Å²) in [5.74, 6) is -0.0153. The molecule has 7 nitrogen and oxygen atoms in total. The Labute approximate surface area is 148 Å². The third-order valence-corrected chi connectivity index (χ3v) is 4.78. The van der Waals surface area contributed by atoms with Gasteiger partial charge in [0.15, 0.2) is 0 Å². The molecule has 3 heterocycles. The van der Waals surface area contributed by atoms with E-state index in [1.807, 2.05) is 12.3 Å². The maximum absolute atomic E-state index is 12.6. The molecule has 3 aromatic heterocycles. The van der Waals surface area contributed by atoms with Crippen LogP contribution in [-0.2, 0) is 19.5 Å². The van der Waals surface area contributed by atoms with Gasteiger partial charge in [-0.3, -0.25) is 14.2 Å². The lowest BCUT2D eigenvalue weighted by Gasteiger charge is -2.04. The Morgan fingerprint density at radius 2 is 2.32 bits per heavy atom. The first-order valence-corrected chi connectivity index (χ1v) is 8.74. The van der Waals surface area contributed by atoms with Crippen molar-refractivity contribution in [2.24, 2.45) is 0 Å². The Hall–Kier alpha value is -2.74. The third kappa shape index (κ3) is 3.25. The van der Waals surface area contributed by atoms with Crippen LogP contribution >= 0.6 is 11.3 Å². The summed E-state index contributed by atoms with van der Waals surface area (Å²) in [7, 11) is 0. The monoisotopic (exact) mass is 358 g/mol. The number of hydrogen-bond acceptors (Lipinski definition) is 6. The Bertz CT molecular complexity index is 999. The van der Waals surface area contributed by atoms with Gasteiger partial charge in [0, 0.05) is 11.9 Å². The molecule has 0 fully saturated rings. The van der Waals surface area contributed by atoms with Crippen molar-refractivity contribution in [1.29, 1.82) is 0 Å². The fourth-order valence-electron chi connectivity index (χ4n) is 2.53. The van der Waals surface area contributed by atoms with Gasteiger partial charge in [-0.1, -0.05) is 13.0 Å². The molecule has 25 heavy (non-hydrogen) atoms. The van der Waals surface area contributed by atoms with E-state index >= 15 is 0 Å². The Balaban J connectivity index is 1.92. The summed E-state index contributed by atoms with van der Waals surface area (Å²) in [4.78, 5) is 33.7. The molecule has 0 aliphatic rings. The number of aryl methyl sites for hydroxylation is 2. The smallest absolute Gasteiger partial charge is 0.265 e. The van der Waals surface area contributed by atoms with Crippen molar-refractivity contribution in [1.82, 2.24) is 19.9 Å². The molecule has 0 saturated carbocycles. The molecular weight excluding hydrogens is 340 g/mol. The number of hydrogen-bond donors (Lipinski definition) is 1. The highest BCUT2D eigenvalue weighted by Gasteiger charge is 2.22. The molecule has 1 N–H and O–H groups in total. The molecular formula is C17H18N4O3S. The second kappa shape index (κ2) is 7.02. The summed E-state index contributed by atoms with van der Waals surface area (Å²) < 4.78 is 6.87. The first-order valence-electron chi connectivity index (χ1n) is 7.86. The lowest BCUT2D eigenvalue weighted by atomic mass is 10.1. The molecule has 0 unspecified atom stereocenters. The van der Waals surface area contributed by atoms with E-state index in [9.17, 15) is 9.59 Å². The van der Waals surface area contributed by atoms with Crippen LogP contribution in [0.3, 0.4) is 0 Å². The number of rotatable bonds is 6. The molecule has 130 valence electrons. The van der Waals surface area contributed by atoms with Crippen LogP contribution in [0.15, 0.2) is 33.6 Å². The number of nitrogens with zero attached hydrogens (tertiary/aromatic N) is 3. The lowest BCUT2D eigenvalue weighted by molar-refractivity contribution is 0.0950. The zero-order valence-corrected chi connectivity index (χ0v) is 14.9. The Kier molecular flexibility index (Phi) is 4.80. The number of aromatic nitrogens is 3. The van der Waals surface area contributed by atoms with Crippen molar-refractivity contribution in [2.45, 2.75) is 33.4 Å². The summed E-state index contributed by atoms with van der Waals surface area (Å²) in [6.45, 7) is 7.90. The molecule has 3 rings (SSSR count). The van der Waals surface area contributed by atoms with Gasteiger partial charge < -0.3 is 9.73 Å². The second-order valence-electron chi connectivity index (χ2n) is 5.47. The zero-order valence-electron chi connectivity index (χ0n) is 14.0. The minimum absolute atomic E-state index is 0.162. The number of fused-ring (bicyclic) bond motifs is 1. The van der Waals surface area contributed by atoms with E-state index in [0.717, 1.165) is 17.1 Å². The lowest BCUT2D eigenvalue weighted by Crippen LogP contribution is -2.26. The van der Waals surface area contributed by atoms with Crippen molar-refractivity contribution in [2.75, 3.05) is 0 Å². The topological polar surface area (TPSA) is 90.0 Å². The highest BCUT2D eigenvalue weighted by molar-refractivity contribution is 7.09. The van der Waals surface area contributed by atoms with Crippen molar-refractivity contribution in [3.05, 3.63) is 56.7 Å². The number of allylic oxidation sites excluding steroid dienone is 1. The molecule has 0 aliphatic heterocycles. The fourth-order valence-corrected chi connectivity index (χ4v) is 3.28. The minimum Gasteiger partial charge on any atom is -0.442 e. The summed E-state index contributed by atoms with van der Waals surface area (Å²) in [5, 5.41) is 5.92. The van der Waals surface area contributed by atoms with Crippen molar-refractivity contribution >= 4 is 28.3 Å². The van der Waals surface area contributed by atoms with Crippen LogP contribution in [0.5, 0.6) is 0 Å². The van der Waals surface area contributed by atoms with Crippen LogP contribution < -0.4 is 10.9 Å². The molecule has 0 radical (unpaired) electrons. The van der Waals surface area contributed by atoms with Gasteiger partial charge in [0.1, 0.15) is 17.5 Å². The van der Waals surface area contributed by atoms with Crippen LogP contribution in [0.2, 0.25) is 0 Å². The Morgan fingerprint density at radius 3 is 3.00 bits per heavy atom. The average molecular weight is 358 g/mol. The van der Waals surface area contributed by atoms with Gasteiger partial charge in [-0.05, 0) is 13.3 Å². The van der Waals surface area contributed by atoms with Crippen LogP contribution in [0, 0.1) is 6.92 Å². The highest BCUT2D eigenvalue weighted by atomic mass is 32.1. The van der Waals surface area contributed by atoms with Crippen LogP contribution in [0.1, 0.15) is 33.7 Å².